The van der Waals surface area contributed by atoms with Crippen LogP contribution in [0.3, 0.4) is 0 Å². The second kappa shape index (κ2) is 8.15. The van der Waals surface area contributed by atoms with Crippen LogP contribution in [-0.4, -0.2) is 34.0 Å². The molecule has 29 heavy (non-hydrogen) atoms. The Hall–Kier alpha value is -3.02. The fourth-order valence-corrected chi connectivity index (χ4v) is 3.92. The van der Waals surface area contributed by atoms with Crippen molar-refractivity contribution in [2.75, 3.05) is 13.1 Å². The van der Waals surface area contributed by atoms with E-state index in [-0.39, 0.29) is 11.7 Å². The zero-order valence-corrected chi connectivity index (χ0v) is 16.7. The monoisotopic (exact) mass is 393 g/mol. The Morgan fingerprint density at radius 3 is 2.41 bits per heavy atom. The molecule has 1 amide bonds. The van der Waals surface area contributed by atoms with Crippen LogP contribution in [0.25, 0.3) is 11.4 Å². The number of piperidine rings is 1. The van der Waals surface area contributed by atoms with Crippen molar-refractivity contribution in [1.82, 2.24) is 15.0 Å². The van der Waals surface area contributed by atoms with E-state index in [1.54, 1.807) is 12.1 Å². The van der Waals surface area contributed by atoms with Crippen LogP contribution in [-0.2, 0) is 6.42 Å². The highest BCUT2D eigenvalue weighted by atomic mass is 19.1. The van der Waals surface area contributed by atoms with E-state index in [1.807, 2.05) is 30.9 Å². The number of benzene rings is 2. The second-order valence-corrected chi connectivity index (χ2v) is 7.83. The van der Waals surface area contributed by atoms with Crippen LogP contribution in [0.1, 0.15) is 40.2 Å². The fourth-order valence-electron chi connectivity index (χ4n) is 3.92. The molecule has 0 unspecified atom stereocenters. The highest BCUT2D eigenvalue weighted by Crippen LogP contribution is 2.24. The van der Waals surface area contributed by atoms with Gasteiger partial charge in [-0.3, -0.25) is 4.79 Å². The van der Waals surface area contributed by atoms with Gasteiger partial charge in [-0.15, -0.1) is 0 Å². The van der Waals surface area contributed by atoms with Crippen molar-refractivity contribution in [3.05, 3.63) is 70.9 Å². The summed E-state index contributed by atoms with van der Waals surface area (Å²) >= 11 is 0. The van der Waals surface area contributed by atoms with Crippen molar-refractivity contribution in [2.45, 2.75) is 33.1 Å². The molecule has 0 saturated carbocycles. The lowest BCUT2D eigenvalue weighted by atomic mass is 9.93. The number of carbonyl (C=O) groups is 1. The number of likely N-dealkylation sites (tertiary alicyclic amines) is 1. The van der Waals surface area contributed by atoms with Gasteiger partial charge in [0, 0.05) is 30.6 Å². The van der Waals surface area contributed by atoms with Gasteiger partial charge in [0.05, 0.1) is 0 Å². The van der Waals surface area contributed by atoms with Gasteiger partial charge in [-0.05, 0) is 69.0 Å². The van der Waals surface area contributed by atoms with E-state index in [2.05, 4.69) is 16.2 Å². The molecule has 1 aliphatic rings. The predicted octanol–water partition coefficient (Wildman–Crippen LogP) is 4.59. The van der Waals surface area contributed by atoms with Gasteiger partial charge in [-0.2, -0.15) is 4.98 Å². The lowest BCUT2D eigenvalue weighted by Crippen LogP contribution is -2.39. The second-order valence-electron chi connectivity index (χ2n) is 7.83. The highest BCUT2D eigenvalue weighted by molar-refractivity contribution is 5.94. The first-order valence-corrected chi connectivity index (χ1v) is 9.94. The van der Waals surface area contributed by atoms with E-state index < -0.39 is 0 Å². The van der Waals surface area contributed by atoms with Crippen molar-refractivity contribution < 1.29 is 13.7 Å². The van der Waals surface area contributed by atoms with Crippen LogP contribution >= 0.6 is 0 Å². The summed E-state index contributed by atoms with van der Waals surface area (Å²) in [5.74, 6) is 1.27. The summed E-state index contributed by atoms with van der Waals surface area (Å²) in [4.78, 5) is 19.2. The lowest BCUT2D eigenvalue weighted by molar-refractivity contribution is 0.0687. The Morgan fingerprint density at radius 1 is 1.10 bits per heavy atom. The predicted molar refractivity (Wildman–Crippen MR) is 108 cm³/mol. The minimum atomic E-state index is -0.292. The molecule has 0 bridgehead atoms. The first-order valence-electron chi connectivity index (χ1n) is 9.94. The molecule has 5 nitrogen and oxygen atoms in total. The smallest absolute Gasteiger partial charge is 0.253 e. The number of amides is 1. The van der Waals surface area contributed by atoms with Gasteiger partial charge >= 0.3 is 0 Å². The van der Waals surface area contributed by atoms with Gasteiger partial charge < -0.3 is 9.42 Å². The molecule has 1 saturated heterocycles. The highest BCUT2D eigenvalue weighted by Gasteiger charge is 2.25. The largest absolute Gasteiger partial charge is 0.339 e. The molecule has 0 atom stereocenters. The Morgan fingerprint density at radius 2 is 1.76 bits per heavy atom. The summed E-state index contributed by atoms with van der Waals surface area (Å²) in [6.07, 6.45) is 2.51. The van der Waals surface area contributed by atoms with E-state index >= 15 is 0 Å². The molecule has 0 N–H and O–H groups in total. The van der Waals surface area contributed by atoms with Gasteiger partial charge in [-0.1, -0.05) is 22.3 Å². The van der Waals surface area contributed by atoms with Gasteiger partial charge in [0.15, 0.2) is 0 Å². The maximum absolute atomic E-state index is 13.1. The van der Waals surface area contributed by atoms with Gasteiger partial charge in [0.2, 0.25) is 11.7 Å². The number of halogens is 1. The van der Waals surface area contributed by atoms with E-state index in [9.17, 15) is 9.18 Å². The van der Waals surface area contributed by atoms with Crippen molar-refractivity contribution >= 4 is 5.91 Å². The molecule has 150 valence electrons. The fraction of sp³-hybridized carbons (Fsp3) is 0.348. The molecular weight excluding hydrogens is 369 g/mol. The Kier molecular flexibility index (Phi) is 5.43. The summed E-state index contributed by atoms with van der Waals surface area (Å²) < 4.78 is 18.4. The molecule has 0 aliphatic carbocycles. The summed E-state index contributed by atoms with van der Waals surface area (Å²) in [6.45, 7) is 5.49. The number of hydrogen-bond acceptors (Lipinski definition) is 4. The molecule has 1 aliphatic heterocycles. The third kappa shape index (κ3) is 4.53. The van der Waals surface area contributed by atoms with Crippen molar-refractivity contribution in [3.63, 3.8) is 0 Å². The first kappa shape index (κ1) is 19.3. The van der Waals surface area contributed by atoms with Crippen molar-refractivity contribution in [1.29, 1.82) is 0 Å². The zero-order valence-electron chi connectivity index (χ0n) is 16.7. The molecule has 6 heteroatoms. The van der Waals surface area contributed by atoms with E-state index in [4.69, 9.17) is 4.52 Å². The number of rotatable bonds is 4. The molecule has 1 fully saturated rings. The van der Waals surface area contributed by atoms with Crippen LogP contribution in [0.5, 0.6) is 0 Å². The SMILES string of the molecule is Cc1cc(C)cc(C(=O)N2CCC(Cc3nc(-c4ccc(F)cc4)no3)CC2)c1. The van der Waals surface area contributed by atoms with E-state index in [0.717, 1.165) is 48.2 Å². The standard InChI is InChI=1S/C23H24FN3O2/c1-15-11-16(2)13-19(12-15)23(28)27-9-7-17(8-10-27)14-21-25-22(26-29-21)18-3-5-20(24)6-4-18/h3-6,11-13,17H,7-10,14H2,1-2H3. The van der Waals surface area contributed by atoms with E-state index in [1.165, 1.54) is 12.1 Å². The third-order valence-electron chi connectivity index (χ3n) is 5.40. The molecule has 0 spiro atoms. The molecule has 2 aromatic carbocycles. The van der Waals surface area contributed by atoms with Crippen LogP contribution in [0.2, 0.25) is 0 Å². The summed E-state index contributed by atoms with van der Waals surface area (Å²) in [7, 11) is 0. The Balaban J connectivity index is 1.34. The average molecular weight is 393 g/mol. The molecular formula is C23H24FN3O2. The Bertz CT molecular complexity index is 985. The van der Waals surface area contributed by atoms with Gasteiger partial charge in [0.1, 0.15) is 5.82 Å². The summed E-state index contributed by atoms with van der Waals surface area (Å²) in [5, 5.41) is 4.01. The molecule has 2 heterocycles. The zero-order chi connectivity index (χ0) is 20.4. The maximum atomic E-state index is 13.1. The minimum Gasteiger partial charge on any atom is -0.339 e. The molecule has 0 radical (unpaired) electrons. The molecule has 4 rings (SSSR count). The number of hydrogen-bond donors (Lipinski definition) is 0. The van der Waals surface area contributed by atoms with Crippen LogP contribution in [0.4, 0.5) is 4.39 Å². The number of aryl methyl sites for hydroxylation is 2. The Labute approximate surface area is 169 Å². The summed E-state index contributed by atoms with van der Waals surface area (Å²) in [6, 6.07) is 12.0. The number of aromatic nitrogens is 2. The normalized spacial score (nSPS) is 14.9. The number of nitrogens with zero attached hydrogens (tertiary/aromatic N) is 3. The average Bonchev–Trinajstić information content (AvgIpc) is 3.16. The van der Waals surface area contributed by atoms with Crippen LogP contribution < -0.4 is 0 Å². The topological polar surface area (TPSA) is 59.2 Å². The quantitative estimate of drug-likeness (QED) is 0.651. The van der Waals surface area contributed by atoms with Crippen molar-refractivity contribution in [3.8, 4) is 11.4 Å². The van der Waals surface area contributed by atoms with Crippen LogP contribution in [0, 0.1) is 25.6 Å². The lowest BCUT2D eigenvalue weighted by Gasteiger charge is -2.31. The van der Waals surface area contributed by atoms with Crippen molar-refractivity contribution in [2.24, 2.45) is 5.92 Å². The number of carbonyl (C=O) groups excluding carboxylic acids is 1. The van der Waals surface area contributed by atoms with Gasteiger partial charge in [-0.25, -0.2) is 4.39 Å². The van der Waals surface area contributed by atoms with E-state index in [0.29, 0.717) is 24.1 Å². The minimum absolute atomic E-state index is 0.103. The summed E-state index contributed by atoms with van der Waals surface area (Å²) in [5.41, 5.74) is 3.71. The van der Waals surface area contributed by atoms with Gasteiger partial charge in [0.25, 0.3) is 5.91 Å². The molecule has 3 aromatic rings. The third-order valence-corrected chi connectivity index (χ3v) is 5.40. The molecule has 1 aromatic heterocycles. The van der Waals surface area contributed by atoms with Crippen LogP contribution in [0.15, 0.2) is 47.0 Å². The maximum Gasteiger partial charge on any atom is 0.253 e. The first-order chi connectivity index (χ1) is 14.0.